The molecule has 2 aromatic heterocycles. The van der Waals surface area contributed by atoms with E-state index < -0.39 is 0 Å². The first-order chi connectivity index (χ1) is 9.33. The Balaban J connectivity index is 1.69. The number of thioether (sulfide) groups is 1. The summed E-state index contributed by atoms with van der Waals surface area (Å²) in [5, 5.41) is 8.29. The molecule has 2 atom stereocenters. The zero-order chi connectivity index (χ0) is 13.1. The Hall–Kier alpha value is -1.56. The highest BCUT2D eigenvalue weighted by Gasteiger charge is 2.21. The molecule has 0 saturated carbocycles. The molecule has 0 bridgehead atoms. The molecule has 2 unspecified atom stereocenters. The maximum Gasteiger partial charge on any atom is 0.155 e. The van der Waals surface area contributed by atoms with Crippen LogP contribution in [0.15, 0.2) is 31.0 Å². The molecule has 1 fully saturated rings. The zero-order valence-electron chi connectivity index (χ0n) is 10.9. The smallest absolute Gasteiger partial charge is 0.155 e. The number of rotatable bonds is 3. The second-order valence-electron chi connectivity index (χ2n) is 4.71. The number of hydrogen-bond donors (Lipinski definition) is 1. The summed E-state index contributed by atoms with van der Waals surface area (Å²) < 4.78 is 1.66. The number of aromatic nitrogens is 4. The lowest BCUT2D eigenvalue weighted by molar-refractivity contribution is 0.617. The van der Waals surface area contributed by atoms with E-state index in [1.54, 1.807) is 11.0 Å². The molecule has 1 saturated heterocycles. The van der Waals surface area contributed by atoms with Gasteiger partial charge in [0.15, 0.2) is 5.82 Å². The van der Waals surface area contributed by atoms with E-state index in [0.29, 0.717) is 11.3 Å². The van der Waals surface area contributed by atoms with Crippen molar-refractivity contribution >= 4 is 17.4 Å². The van der Waals surface area contributed by atoms with Crippen molar-refractivity contribution in [2.45, 2.75) is 31.1 Å². The molecule has 0 aromatic carbocycles. The van der Waals surface area contributed by atoms with Crippen LogP contribution < -0.4 is 5.32 Å². The first kappa shape index (κ1) is 12.5. The molecule has 100 valence electrons. The molecule has 3 heterocycles. The predicted molar refractivity (Wildman–Crippen MR) is 77.7 cm³/mol. The summed E-state index contributed by atoms with van der Waals surface area (Å²) in [5.74, 6) is 2.07. The summed E-state index contributed by atoms with van der Waals surface area (Å²) in [4.78, 5) is 8.32. The van der Waals surface area contributed by atoms with Crippen LogP contribution in [0.1, 0.15) is 19.8 Å². The van der Waals surface area contributed by atoms with Gasteiger partial charge in [0, 0.05) is 11.3 Å². The topological polar surface area (TPSA) is 55.6 Å². The highest BCUT2D eigenvalue weighted by Crippen LogP contribution is 2.27. The number of anilines is 1. The predicted octanol–water partition coefficient (Wildman–Crippen LogP) is 2.36. The first-order valence-corrected chi connectivity index (χ1v) is 7.57. The maximum atomic E-state index is 4.40. The molecule has 1 N–H and O–H groups in total. The minimum atomic E-state index is 0.540. The van der Waals surface area contributed by atoms with Gasteiger partial charge in [-0.05, 0) is 30.7 Å². The van der Waals surface area contributed by atoms with Crippen LogP contribution in [-0.4, -0.2) is 36.8 Å². The van der Waals surface area contributed by atoms with Crippen LogP contribution >= 0.6 is 11.8 Å². The van der Waals surface area contributed by atoms with Gasteiger partial charge in [0.05, 0.1) is 11.9 Å². The van der Waals surface area contributed by atoms with Crippen LogP contribution in [-0.2, 0) is 0 Å². The van der Waals surface area contributed by atoms with Crippen LogP contribution in [0.5, 0.6) is 0 Å². The highest BCUT2D eigenvalue weighted by atomic mass is 32.2. The number of nitrogens with one attached hydrogen (secondary N) is 1. The summed E-state index contributed by atoms with van der Waals surface area (Å²) in [7, 11) is 0. The molecule has 3 rings (SSSR count). The third kappa shape index (κ3) is 2.89. The molecule has 0 radical (unpaired) electrons. The van der Waals surface area contributed by atoms with Crippen molar-refractivity contribution in [3.8, 4) is 5.82 Å². The minimum absolute atomic E-state index is 0.540. The fourth-order valence-electron chi connectivity index (χ4n) is 2.26. The van der Waals surface area contributed by atoms with E-state index in [4.69, 9.17) is 0 Å². The molecule has 0 aliphatic carbocycles. The fourth-order valence-corrected chi connectivity index (χ4v) is 3.40. The minimum Gasteiger partial charge on any atom is -0.380 e. The largest absolute Gasteiger partial charge is 0.380 e. The monoisotopic (exact) mass is 275 g/mol. The van der Waals surface area contributed by atoms with Gasteiger partial charge in [0.2, 0.25) is 0 Å². The third-order valence-electron chi connectivity index (χ3n) is 3.36. The van der Waals surface area contributed by atoms with E-state index in [1.165, 1.54) is 24.9 Å². The van der Waals surface area contributed by atoms with Gasteiger partial charge in [0.25, 0.3) is 0 Å². The number of pyridine rings is 1. The Morgan fingerprint density at radius 2 is 2.37 bits per heavy atom. The molecule has 6 heteroatoms. The Kier molecular flexibility index (Phi) is 3.68. The van der Waals surface area contributed by atoms with Gasteiger partial charge in [-0.1, -0.05) is 6.92 Å². The van der Waals surface area contributed by atoms with Gasteiger partial charge in [-0.2, -0.15) is 16.9 Å². The van der Waals surface area contributed by atoms with E-state index in [-0.39, 0.29) is 0 Å². The zero-order valence-corrected chi connectivity index (χ0v) is 11.7. The summed E-state index contributed by atoms with van der Waals surface area (Å²) >= 11 is 2.04. The van der Waals surface area contributed by atoms with Gasteiger partial charge in [-0.3, -0.25) is 0 Å². The van der Waals surface area contributed by atoms with Gasteiger partial charge in [-0.25, -0.2) is 14.6 Å². The van der Waals surface area contributed by atoms with Gasteiger partial charge >= 0.3 is 0 Å². The normalized spacial score (nSPS) is 23.2. The van der Waals surface area contributed by atoms with Crippen LogP contribution in [0.4, 0.5) is 5.69 Å². The van der Waals surface area contributed by atoms with E-state index >= 15 is 0 Å². The maximum absolute atomic E-state index is 4.40. The van der Waals surface area contributed by atoms with Gasteiger partial charge < -0.3 is 5.32 Å². The molecule has 1 aliphatic rings. The summed E-state index contributed by atoms with van der Waals surface area (Å²) in [6, 6.07) is 4.55. The highest BCUT2D eigenvalue weighted by molar-refractivity contribution is 8.00. The van der Waals surface area contributed by atoms with Crippen LogP contribution in [0.2, 0.25) is 0 Å². The average molecular weight is 275 g/mol. The average Bonchev–Trinajstić information content (AvgIpc) is 2.96. The van der Waals surface area contributed by atoms with Crippen LogP contribution in [0.25, 0.3) is 5.82 Å². The van der Waals surface area contributed by atoms with Crippen LogP contribution in [0.3, 0.4) is 0 Å². The summed E-state index contributed by atoms with van der Waals surface area (Å²) in [5.41, 5.74) is 1.07. The van der Waals surface area contributed by atoms with Crippen molar-refractivity contribution in [1.82, 2.24) is 19.7 Å². The van der Waals surface area contributed by atoms with E-state index in [9.17, 15) is 0 Å². The molecule has 0 amide bonds. The summed E-state index contributed by atoms with van der Waals surface area (Å²) in [6.07, 6.45) is 7.54. The molecule has 19 heavy (non-hydrogen) atoms. The Morgan fingerprint density at radius 1 is 1.42 bits per heavy atom. The summed E-state index contributed by atoms with van der Waals surface area (Å²) in [6.45, 7) is 2.29. The van der Waals surface area contributed by atoms with E-state index in [0.717, 1.165) is 11.5 Å². The number of hydrogen-bond acceptors (Lipinski definition) is 5. The Labute approximate surface area is 116 Å². The first-order valence-electron chi connectivity index (χ1n) is 6.52. The molecule has 5 nitrogen and oxygen atoms in total. The lowest BCUT2D eigenvalue weighted by Gasteiger charge is -2.29. The van der Waals surface area contributed by atoms with Gasteiger partial charge in [-0.15, -0.1) is 0 Å². The van der Waals surface area contributed by atoms with Crippen molar-refractivity contribution in [3.63, 3.8) is 0 Å². The molecule has 1 aliphatic heterocycles. The molecule has 2 aromatic rings. The van der Waals surface area contributed by atoms with Crippen molar-refractivity contribution in [2.24, 2.45) is 0 Å². The second-order valence-corrected chi connectivity index (χ2v) is 6.20. The Morgan fingerprint density at radius 3 is 3.05 bits per heavy atom. The quantitative estimate of drug-likeness (QED) is 0.932. The van der Waals surface area contributed by atoms with Crippen molar-refractivity contribution < 1.29 is 0 Å². The van der Waals surface area contributed by atoms with Crippen LogP contribution in [0, 0.1) is 0 Å². The lowest BCUT2D eigenvalue weighted by atomic mass is 10.1. The SMILES string of the molecule is CC1SCCCC1Nc1ccc(-n2cncn2)nc1. The second kappa shape index (κ2) is 5.61. The molecular weight excluding hydrogens is 258 g/mol. The Bertz CT molecular complexity index is 510. The lowest BCUT2D eigenvalue weighted by Crippen LogP contribution is -2.32. The third-order valence-corrected chi connectivity index (χ3v) is 4.74. The molecular formula is C13H17N5S. The standard InChI is InChI=1S/C13H17N5S/c1-10-12(3-2-6-19-10)17-11-4-5-13(15-7-11)18-9-14-8-16-18/h4-5,7-10,12,17H,2-3,6H2,1H3. The van der Waals surface area contributed by atoms with E-state index in [2.05, 4.69) is 33.4 Å². The van der Waals surface area contributed by atoms with Crippen molar-refractivity contribution in [1.29, 1.82) is 0 Å². The van der Waals surface area contributed by atoms with Crippen molar-refractivity contribution in [3.05, 3.63) is 31.0 Å². The van der Waals surface area contributed by atoms with Gasteiger partial charge in [0.1, 0.15) is 12.7 Å². The van der Waals surface area contributed by atoms with E-state index in [1.807, 2.05) is 24.0 Å². The molecule has 0 spiro atoms. The fraction of sp³-hybridized carbons (Fsp3) is 0.462. The number of nitrogens with zero attached hydrogens (tertiary/aromatic N) is 4. The van der Waals surface area contributed by atoms with Crippen molar-refractivity contribution in [2.75, 3.05) is 11.1 Å².